The van der Waals surface area contributed by atoms with Crippen LogP contribution in [0.4, 0.5) is 0 Å². The van der Waals surface area contributed by atoms with Crippen LogP contribution < -0.4 is 14.8 Å². The Bertz CT molecular complexity index is 411. The lowest BCUT2D eigenvalue weighted by Crippen LogP contribution is -2.26. The largest absolute Gasteiger partial charge is 0.490 e. The number of fused-ring (bicyclic) bond motifs is 1. The van der Waals surface area contributed by atoms with Crippen molar-refractivity contribution in [2.45, 2.75) is 39.3 Å². The fraction of sp³-hybridized carbons (Fsp3) is 0.625. The number of hydrogen-bond acceptors (Lipinski definition) is 4. The molecule has 0 aromatic heterocycles. The number of hydrogen-bond donors (Lipinski definition) is 1. The minimum atomic E-state index is 0.525. The van der Waals surface area contributed by atoms with E-state index in [1.165, 1.54) is 23.5 Å². The second-order valence-corrected chi connectivity index (χ2v) is 6.46. The summed E-state index contributed by atoms with van der Waals surface area (Å²) in [4.78, 5) is 0. The van der Waals surface area contributed by atoms with Gasteiger partial charge in [-0.15, -0.1) is 0 Å². The molecule has 2 rings (SSSR count). The molecule has 0 saturated heterocycles. The Labute approximate surface area is 126 Å². The van der Waals surface area contributed by atoms with Crippen molar-refractivity contribution in [1.82, 2.24) is 5.32 Å². The molecule has 0 saturated carbocycles. The van der Waals surface area contributed by atoms with Crippen LogP contribution in [0.3, 0.4) is 0 Å². The van der Waals surface area contributed by atoms with Crippen molar-refractivity contribution < 1.29 is 9.47 Å². The van der Waals surface area contributed by atoms with Crippen molar-refractivity contribution in [1.29, 1.82) is 0 Å². The van der Waals surface area contributed by atoms with Crippen molar-refractivity contribution in [2.75, 3.05) is 24.7 Å². The van der Waals surface area contributed by atoms with Gasteiger partial charge in [-0.05, 0) is 30.9 Å². The summed E-state index contributed by atoms with van der Waals surface area (Å²) in [6.45, 7) is 6.78. The van der Waals surface area contributed by atoms with E-state index in [0.29, 0.717) is 6.04 Å². The van der Waals surface area contributed by atoms with E-state index >= 15 is 0 Å². The van der Waals surface area contributed by atoms with E-state index in [0.717, 1.165) is 37.7 Å². The van der Waals surface area contributed by atoms with Crippen LogP contribution in [0.2, 0.25) is 0 Å². The summed E-state index contributed by atoms with van der Waals surface area (Å²) < 4.78 is 11.6. The molecule has 1 N–H and O–H groups in total. The smallest absolute Gasteiger partial charge is 0.165 e. The highest BCUT2D eigenvalue weighted by atomic mass is 32.2. The zero-order chi connectivity index (χ0) is 14.2. The van der Waals surface area contributed by atoms with Gasteiger partial charge in [-0.25, -0.2) is 0 Å². The average molecular weight is 295 g/mol. The molecule has 4 heteroatoms. The molecule has 1 aliphatic rings. The molecule has 1 aromatic carbocycles. The molecule has 1 heterocycles. The maximum atomic E-state index is 5.84. The lowest BCUT2D eigenvalue weighted by molar-refractivity contribution is 0.295. The van der Waals surface area contributed by atoms with Gasteiger partial charge in [-0.2, -0.15) is 11.8 Å². The molecule has 0 radical (unpaired) electrons. The second-order valence-electron chi connectivity index (χ2n) is 5.06. The van der Waals surface area contributed by atoms with Crippen LogP contribution in [0.25, 0.3) is 0 Å². The zero-order valence-corrected chi connectivity index (χ0v) is 13.3. The predicted octanol–water partition coefficient (Wildman–Crippen LogP) is 3.47. The molecule has 0 bridgehead atoms. The molecule has 3 nitrogen and oxygen atoms in total. The van der Waals surface area contributed by atoms with Crippen LogP contribution >= 0.6 is 11.8 Å². The second kappa shape index (κ2) is 8.42. The first-order valence-electron chi connectivity index (χ1n) is 7.50. The molecule has 0 spiro atoms. The zero-order valence-electron chi connectivity index (χ0n) is 12.5. The van der Waals surface area contributed by atoms with Gasteiger partial charge in [0.05, 0.1) is 13.2 Å². The van der Waals surface area contributed by atoms with Crippen molar-refractivity contribution in [2.24, 2.45) is 0 Å². The van der Waals surface area contributed by atoms with E-state index in [-0.39, 0.29) is 0 Å². The standard InChI is InChI=1S/C16H25NO2S/c1-3-20-11-8-13(2)17-12-14-6-4-7-15-16(14)19-10-5-9-18-15/h4,6-7,13,17H,3,5,8-12H2,1-2H3. The van der Waals surface area contributed by atoms with Crippen LogP contribution in [-0.2, 0) is 6.54 Å². The van der Waals surface area contributed by atoms with Crippen LogP contribution in [0, 0.1) is 0 Å². The predicted molar refractivity (Wildman–Crippen MR) is 86.0 cm³/mol. The van der Waals surface area contributed by atoms with Gasteiger partial charge < -0.3 is 14.8 Å². The Hall–Kier alpha value is -0.870. The maximum absolute atomic E-state index is 5.84. The number of para-hydroxylation sites is 1. The third-order valence-electron chi connectivity index (χ3n) is 3.39. The van der Waals surface area contributed by atoms with Gasteiger partial charge in [-0.3, -0.25) is 0 Å². The van der Waals surface area contributed by atoms with E-state index in [1.807, 2.05) is 23.9 Å². The SMILES string of the molecule is CCSCCC(C)NCc1cccc2c1OCCCO2. The lowest BCUT2D eigenvalue weighted by atomic mass is 10.1. The van der Waals surface area contributed by atoms with Crippen LogP contribution in [0.15, 0.2) is 18.2 Å². The highest BCUT2D eigenvalue weighted by Gasteiger charge is 2.14. The summed E-state index contributed by atoms with van der Waals surface area (Å²) in [5, 5.41) is 3.58. The highest BCUT2D eigenvalue weighted by Crippen LogP contribution is 2.33. The Kier molecular flexibility index (Phi) is 6.54. The van der Waals surface area contributed by atoms with Gasteiger partial charge in [0.2, 0.25) is 0 Å². The van der Waals surface area contributed by atoms with Gasteiger partial charge >= 0.3 is 0 Å². The molecule has 1 unspecified atom stereocenters. The van der Waals surface area contributed by atoms with E-state index in [9.17, 15) is 0 Å². The van der Waals surface area contributed by atoms with Gasteiger partial charge in [0.15, 0.2) is 11.5 Å². The number of thioether (sulfide) groups is 1. The van der Waals surface area contributed by atoms with Crippen LogP contribution in [-0.4, -0.2) is 30.8 Å². The molecular formula is C16H25NO2S. The summed E-state index contributed by atoms with van der Waals surface area (Å²) in [5.74, 6) is 4.23. The van der Waals surface area contributed by atoms with Gasteiger partial charge in [0, 0.05) is 24.6 Å². The average Bonchev–Trinajstić information content (AvgIpc) is 2.71. The van der Waals surface area contributed by atoms with Crippen molar-refractivity contribution in [3.05, 3.63) is 23.8 Å². The minimum Gasteiger partial charge on any atom is -0.490 e. The monoisotopic (exact) mass is 295 g/mol. The van der Waals surface area contributed by atoms with Crippen molar-refractivity contribution in [3.63, 3.8) is 0 Å². The van der Waals surface area contributed by atoms with E-state index in [1.54, 1.807) is 0 Å². The first-order valence-corrected chi connectivity index (χ1v) is 8.65. The summed E-state index contributed by atoms with van der Waals surface area (Å²) >= 11 is 2.00. The first-order chi connectivity index (χ1) is 9.81. The number of ether oxygens (including phenoxy) is 2. The van der Waals surface area contributed by atoms with E-state index in [4.69, 9.17) is 9.47 Å². The minimum absolute atomic E-state index is 0.525. The summed E-state index contributed by atoms with van der Waals surface area (Å²) in [7, 11) is 0. The summed E-state index contributed by atoms with van der Waals surface area (Å²) in [6.07, 6.45) is 2.15. The quantitative estimate of drug-likeness (QED) is 0.780. The molecular weight excluding hydrogens is 270 g/mol. The Morgan fingerprint density at radius 2 is 2.15 bits per heavy atom. The molecule has 0 aliphatic carbocycles. The van der Waals surface area contributed by atoms with Gasteiger partial charge in [0.1, 0.15) is 0 Å². The van der Waals surface area contributed by atoms with E-state index in [2.05, 4.69) is 25.2 Å². The molecule has 1 aliphatic heterocycles. The normalized spacial score (nSPS) is 15.7. The number of rotatable bonds is 7. The fourth-order valence-corrected chi connectivity index (χ4v) is 2.99. The molecule has 0 fully saturated rings. The van der Waals surface area contributed by atoms with Gasteiger partial charge in [0.25, 0.3) is 0 Å². The Morgan fingerprint density at radius 1 is 1.30 bits per heavy atom. The highest BCUT2D eigenvalue weighted by molar-refractivity contribution is 7.99. The Morgan fingerprint density at radius 3 is 3.00 bits per heavy atom. The lowest BCUT2D eigenvalue weighted by Gasteiger charge is -2.16. The molecule has 20 heavy (non-hydrogen) atoms. The maximum Gasteiger partial charge on any atom is 0.165 e. The third kappa shape index (κ3) is 4.60. The number of nitrogens with one attached hydrogen (secondary N) is 1. The fourth-order valence-electron chi connectivity index (χ4n) is 2.18. The summed E-state index contributed by atoms with van der Waals surface area (Å²) in [5.41, 5.74) is 1.19. The molecule has 1 atom stereocenters. The van der Waals surface area contributed by atoms with Gasteiger partial charge in [-0.1, -0.05) is 19.1 Å². The molecule has 1 aromatic rings. The Balaban J connectivity index is 1.89. The van der Waals surface area contributed by atoms with Crippen molar-refractivity contribution >= 4 is 11.8 Å². The van der Waals surface area contributed by atoms with Crippen LogP contribution in [0.5, 0.6) is 11.5 Å². The topological polar surface area (TPSA) is 30.5 Å². The molecule has 0 amide bonds. The van der Waals surface area contributed by atoms with E-state index < -0.39 is 0 Å². The molecule has 112 valence electrons. The van der Waals surface area contributed by atoms with Crippen LogP contribution in [0.1, 0.15) is 32.3 Å². The third-order valence-corrected chi connectivity index (χ3v) is 4.33. The number of benzene rings is 1. The first kappa shape index (κ1) is 15.5. The summed E-state index contributed by atoms with van der Waals surface area (Å²) in [6, 6.07) is 6.68. The van der Waals surface area contributed by atoms with Crippen molar-refractivity contribution in [3.8, 4) is 11.5 Å².